The summed E-state index contributed by atoms with van der Waals surface area (Å²) in [4.78, 5) is 27.9. The van der Waals surface area contributed by atoms with E-state index in [1.54, 1.807) is 12.1 Å². The molecule has 0 unspecified atom stereocenters. The standard InChI is InChI=1S/C25H22N2O3/c28-24-22-7-2-1-6-20(22)21-9-8-18(15-23(21)24)25(29)26-19-5-3-4-17(14-19)16-27-10-12-30-13-11-27/h1-9,14-15H,10-13,16H2,(H,26,29). The summed E-state index contributed by atoms with van der Waals surface area (Å²) in [6.07, 6.45) is 0. The number of rotatable bonds is 4. The van der Waals surface area contributed by atoms with Crippen molar-refractivity contribution in [3.8, 4) is 11.1 Å². The Balaban J connectivity index is 1.33. The SMILES string of the molecule is O=C(Nc1cccc(CN2CCOCC2)c1)c1ccc2c(c1)C(=O)c1ccccc1-2. The Bertz CT molecular complexity index is 1130. The van der Waals surface area contributed by atoms with Crippen molar-refractivity contribution >= 4 is 17.4 Å². The zero-order valence-corrected chi connectivity index (χ0v) is 16.6. The van der Waals surface area contributed by atoms with Crippen LogP contribution in [0.4, 0.5) is 5.69 Å². The maximum absolute atomic E-state index is 12.8. The molecule has 3 aromatic carbocycles. The normalized spacial score (nSPS) is 15.5. The van der Waals surface area contributed by atoms with Crippen molar-refractivity contribution in [2.75, 3.05) is 31.6 Å². The quantitative estimate of drug-likeness (QED) is 0.565. The van der Waals surface area contributed by atoms with E-state index in [0.717, 1.165) is 55.2 Å². The Hall–Kier alpha value is -3.28. The molecule has 1 fully saturated rings. The third kappa shape index (κ3) is 3.54. The van der Waals surface area contributed by atoms with Gasteiger partial charge in [-0.05, 0) is 41.0 Å². The van der Waals surface area contributed by atoms with Crippen LogP contribution in [-0.2, 0) is 11.3 Å². The molecule has 1 aliphatic heterocycles. The highest BCUT2D eigenvalue weighted by Crippen LogP contribution is 2.36. The molecule has 0 atom stereocenters. The molecule has 3 aromatic rings. The molecular formula is C25H22N2O3. The minimum atomic E-state index is -0.218. The number of ketones is 1. The lowest BCUT2D eigenvalue weighted by Crippen LogP contribution is -2.35. The van der Waals surface area contributed by atoms with Crippen LogP contribution in [0.15, 0.2) is 66.7 Å². The maximum Gasteiger partial charge on any atom is 0.255 e. The predicted molar refractivity (Wildman–Crippen MR) is 116 cm³/mol. The molecular weight excluding hydrogens is 376 g/mol. The summed E-state index contributed by atoms with van der Waals surface area (Å²) in [6, 6.07) is 20.8. The number of nitrogens with zero attached hydrogens (tertiary/aromatic N) is 1. The summed E-state index contributed by atoms with van der Waals surface area (Å²) in [6.45, 7) is 4.19. The first kappa shape index (κ1) is 18.7. The maximum atomic E-state index is 12.8. The van der Waals surface area contributed by atoms with Gasteiger partial charge >= 0.3 is 0 Å². The molecule has 5 rings (SSSR count). The van der Waals surface area contributed by atoms with E-state index in [2.05, 4.69) is 16.3 Å². The molecule has 0 aromatic heterocycles. The highest BCUT2D eigenvalue weighted by Gasteiger charge is 2.27. The zero-order valence-electron chi connectivity index (χ0n) is 16.6. The molecule has 0 saturated carbocycles. The van der Waals surface area contributed by atoms with E-state index in [9.17, 15) is 9.59 Å². The Labute approximate surface area is 175 Å². The Morgan fingerprint density at radius 1 is 0.867 bits per heavy atom. The molecule has 1 N–H and O–H groups in total. The number of ether oxygens (including phenoxy) is 1. The van der Waals surface area contributed by atoms with Gasteiger partial charge in [0.1, 0.15) is 0 Å². The van der Waals surface area contributed by atoms with Gasteiger partial charge in [0, 0.05) is 42.0 Å². The number of carbonyl (C=O) groups is 2. The van der Waals surface area contributed by atoms with Gasteiger partial charge in [0.2, 0.25) is 0 Å². The number of hydrogen-bond donors (Lipinski definition) is 1. The molecule has 2 aliphatic rings. The monoisotopic (exact) mass is 398 g/mol. The summed E-state index contributed by atoms with van der Waals surface area (Å²) in [5.74, 6) is -0.243. The third-order valence-corrected chi connectivity index (χ3v) is 5.68. The van der Waals surface area contributed by atoms with Crippen molar-refractivity contribution in [2.24, 2.45) is 0 Å². The Morgan fingerprint density at radius 3 is 2.47 bits per heavy atom. The van der Waals surface area contributed by atoms with E-state index >= 15 is 0 Å². The third-order valence-electron chi connectivity index (χ3n) is 5.68. The van der Waals surface area contributed by atoms with Gasteiger partial charge in [0.05, 0.1) is 13.2 Å². The molecule has 150 valence electrons. The first-order valence-corrected chi connectivity index (χ1v) is 10.2. The van der Waals surface area contributed by atoms with Gasteiger partial charge in [-0.2, -0.15) is 0 Å². The van der Waals surface area contributed by atoms with Gasteiger partial charge < -0.3 is 10.1 Å². The van der Waals surface area contributed by atoms with Crippen molar-refractivity contribution in [3.05, 3.63) is 89.0 Å². The van der Waals surface area contributed by atoms with Gasteiger partial charge in [0.15, 0.2) is 5.78 Å². The van der Waals surface area contributed by atoms with Crippen molar-refractivity contribution in [1.82, 2.24) is 4.90 Å². The van der Waals surface area contributed by atoms with Crippen molar-refractivity contribution in [2.45, 2.75) is 6.54 Å². The summed E-state index contributed by atoms with van der Waals surface area (Å²) in [7, 11) is 0. The molecule has 1 amide bonds. The van der Waals surface area contributed by atoms with Gasteiger partial charge in [0.25, 0.3) is 5.91 Å². The Morgan fingerprint density at radius 2 is 1.63 bits per heavy atom. The zero-order chi connectivity index (χ0) is 20.5. The number of nitrogens with one attached hydrogen (secondary N) is 1. The topological polar surface area (TPSA) is 58.6 Å². The molecule has 1 aliphatic carbocycles. The van der Waals surface area contributed by atoms with E-state index in [-0.39, 0.29) is 11.7 Å². The molecule has 5 heteroatoms. The highest BCUT2D eigenvalue weighted by atomic mass is 16.5. The first-order chi connectivity index (χ1) is 14.7. The number of carbonyl (C=O) groups excluding carboxylic acids is 2. The summed E-state index contributed by atoms with van der Waals surface area (Å²) >= 11 is 0. The minimum Gasteiger partial charge on any atom is -0.379 e. The Kier molecular flexibility index (Phi) is 4.91. The fourth-order valence-corrected chi connectivity index (χ4v) is 4.14. The second-order valence-electron chi connectivity index (χ2n) is 7.68. The van der Waals surface area contributed by atoms with Crippen molar-refractivity contribution in [1.29, 1.82) is 0 Å². The molecule has 0 radical (unpaired) electrons. The number of anilines is 1. The average Bonchev–Trinajstić information content (AvgIpc) is 3.07. The fourth-order valence-electron chi connectivity index (χ4n) is 4.14. The van der Waals surface area contributed by atoms with Gasteiger partial charge in [-0.3, -0.25) is 14.5 Å². The van der Waals surface area contributed by atoms with E-state index in [0.29, 0.717) is 16.7 Å². The summed E-state index contributed by atoms with van der Waals surface area (Å²) in [5, 5.41) is 2.97. The van der Waals surface area contributed by atoms with Crippen LogP contribution in [0, 0.1) is 0 Å². The largest absolute Gasteiger partial charge is 0.379 e. The van der Waals surface area contributed by atoms with Gasteiger partial charge in [-0.25, -0.2) is 0 Å². The lowest BCUT2D eigenvalue weighted by Gasteiger charge is -2.26. The fraction of sp³-hybridized carbons (Fsp3) is 0.200. The van der Waals surface area contributed by atoms with E-state index in [4.69, 9.17) is 4.74 Å². The number of fused-ring (bicyclic) bond motifs is 3. The summed E-state index contributed by atoms with van der Waals surface area (Å²) in [5.41, 5.74) is 5.48. The molecule has 30 heavy (non-hydrogen) atoms. The van der Waals surface area contributed by atoms with E-state index in [1.165, 1.54) is 0 Å². The second kappa shape index (κ2) is 7.86. The average molecular weight is 398 g/mol. The number of benzene rings is 3. The van der Waals surface area contributed by atoms with Crippen LogP contribution in [0.25, 0.3) is 11.1 Å². The van der Waals surface area contributed by atoms with Crippen LogP contribution in [0.2, 0.25) is 0 Å². The summed E-state index contributed by atoms with van der Waals surface area (Å²) < 4.78 is 5.40. The minimum absolute atomic E-state index is 0.0252. The molecule has 0 spiro atoms. The first-order valence-electron chi connectivity index (χ1n) is 10.2. The highest BCUT2D eigenvalue weighted by molar-refractivity contribution is 6.22. The van der Waals surface area contributed by atoms with Crippen LogP contribution >= 0.6 is 0 Å². The van der Waals surface area contributed by atoms with Gasteiger partial charge in [-0.15, -0.1) is 0 Å². The molecule has 1 heterocycles. The van der Waals surface area contributed by atoms with E-state index < -0.39 is 0 Å². The van der Waals surface area contributed by atoms with Gasteiger partial charge in [-0.1, -0.05) is 42.5 Å². The van der Waals surface area contributed by atoms with Crippen LogP contribution in [-0.4, -0.2) is 42.9 Å². The smallest absolute Gasteiger partial charge is 0.255 e. The second-order valence-corrected chi connectivity index (χ2v) is 7.68. The lowest BCUT2D eigenvalue weighted by molar-refractivity contribution is 0.0342. The van der Waals surface area contributed by atoms with Crippen molar-refractivity contribution < 1.29 is 14.3 Å². The van der Waals surface area contributed by atoms with Crippen molar-refractivity contribution in [3.63, 3.8) is 0 Å². The van der Waals surface area contributed by atoms with Crippen LogP contribution in [0.5, 0.6) is 0 Å². The number of morpholine rings is 1. The number of amides is 1. The molecule has 1 saturated heterocycles. The van der Waals surface area contributed by atoms with Crippen LogP contribution in [0.3, 0.4) is 0 Å². The predicted octanol–water partition coefficient (Wildman–Crippen LogP) is 3.98. The number of hydrogen-bond acceptors (Lipinski definition) is 4. The van der Waals surface area contributed by atoms with E-state index in [1.807, 2.05) is 48.5 Å². The molecule has 0 bridgehead atoms. The van der Waals surface area contributed by atoms with Crippen LogP contribution < -0.4 is 5.32 Å². The molecule has 5 nitrogen and oxygen atoms in total. The van der Waals surface area contributed by atoms with Crippen LogP contribution in [0.1, 0.15) is 31.8 Å². The lowest BCUT2D eigenvalue weighted by atomic mass is 10.0.